The summed E-state index contributed by atoms with van der Waals surface area (Å²) in [6, 6.07) is 15.4. The molecule has 0 aliphatic carbocycles. The van der Waals surface area contributed by atoms with Crippen molar-refractivity contribution in [2.75, 3.05) is 19.7 Å². The van der Waals surface area contributed by atoms with Crippen LogP contribution in [0.15, 0.2) is 48.5 Å². The SMILES string of the molecule is NC(=O)C1CCCN(C(=O)COc2ccc(-c3ccccc3)cc2Cl)C1. The number of benzene rings is 2. The number of primary amides is 1. The summed E-state index contributed by atoms with van der Waals surface area (Å²) in [4.78, 5) is 25.3. The van der Waals surface area contributed by atoms with Gasteiger partial charge < -0.3 is 15.4 Å². The monoisotopic (exact) mass is 372 g/mol. The molecule has 0 radical (unpaired) electrons. The van der Waals surface area contributed by atoms with E-state index < -0.39 is 0 Å². The maximum Gasteiger partial charge on any atom is 0.260 e. The number of halogens is 1. The van der Waals surface area contributed by atoms with Crippen LogP contribution in [-0.2, 0) is 9.59 Å². The summed E-state index contributed by atoms with van der Waals surface area (Å²) in [5.41, 5.74) is 7.39. The van der Waals surface area contributed by atoms with E-state index in [1.165, 1.54) is 0 Å². The number of carbonyl (C=O) groups is 2. The van der Waals surface area contributed by atoms with E-state index in [0.29, 0.717) is 23.9 Å². The average molecular weight is 373 g/mol. The lowest BCUT2D eigenvalue weighted by atomic mass is 9.97. The quantitative estimate of drug-likeness (QED) is 0.876. The zero-order chi connectivity index (χ0) is 18.5. The van der Waals surface area contributed by atoms with E-state index in [4.69, 9.17) is 22.1 Å². The van der Waals surface area contributed by atoms with E-state index >= 15 is 0 Å². The average Bonchev–Trinajstić information content (AvgIpc) is 2.67. The number of rotatable bonds is 5. The first-order valence-corrected chi connectivity index (χ1v) is 8.97. The predicted molar refractivity (Wildman–Crippen MR) is 101 cm³/mol. The summed E-state index contributed by atoms with van der Waals surface area (Å²) in [6.07, 6.45) is 1.50. The summed E-state index contributed by atoms with van der Waals surface area (Å²) in [6.45, 7) is 0.862. The van der Waals surface area contributed by atoms with Crippen molar-refractivity contribution in [1.29, 1.82) is 0 Å². The van der Waals surface area contributed by atoms with Crippen LogP contribution < -0.4 is 10.5 Å². The Kier molecular flexibility index (Phi) is 5.78. The molecule has 3 rings (SSSR count). The third-order valence-electron chi connectivity index (χ3n) is 4.57. The van der Waals surface area contributed by atoms with Crippen molar-refractivity contribution in [3.63, 3.8) is 0 Å². The minimum absolute atomic E-state index is 0.115. The Labute approximate surface area is 157 Å². The van der Waals surface area contributed by atoms with Crippen molar-refractivity contribution in [3.05, 3.63) is 53.6 Å². The second kappa shape index (κ2) is 8.23. The van der Waals surface area contributed by atoms with Crippen LogP contribution in [0.25, 0.3) is 11.1 Å². The molecule has 0 spiro atoms. The van der Waals surface area contributed by atoms with Gasteiger partial charge in [0.1, 0.15) is 5.75 Å². The molecule has 0 bridgehead atoms. The Morgan fingerprint density at radius 1 is 1.15 bits per heavy atom. The number of ether oxygens (including phenoxy) is 1. The van der Waals surface area contributed by atoms with Gasteiger partial charge in [0.2, 0.25) is 5.91 Å². The minimum Gasteiger partial charge on any atom is -0.482 e. The lowest BCUT2D eigenvalue weighted by Gasteiger charge is -2.31. The molecule has 1 atom stereocenters. The first kappa shape index (κ1) is 18.3. The molecule has 1 saturated heterocycles. The standard InChI is InChI=1S/C20H21ClN2O3/c21-17-11-15(14-5-2-1-3-6-14)8-9-18(17)26-13-19(24)23-10-4-7-16(12-23)20(22)25/h1-3,5-6,8-9,11,16H,4,7,10,12-13H2,(H2,22,25). The highest BCUT2D eigenvalue weighted by Gasteiger charge is 2.27. The van der Waals surface area contributed by atoms with E-state index in [1.807, 2.05) is 42.5 Å². The number of amides is 2. The fraction of sp³-hybridized carbons (Fsp3) is 0.300. The molecule has 2 aromatic rings. The summed E-state index contributed by atoms with van der Waals surface area (Å²) in [7, 11) is 0. The normalized spacial score (nSPS) is 17.0. The van der Waals surface area contributed by atoms with Gasteiger partial charge in [-0.25, -0.2) is 0 Å². The van der Waals surface area contributed by atoms with Crippen LogP contribution in [0.5, 0.6) is 5.75 Å². The molecule has 6 heteroatoms. The van der Waals surface area contributed by atoms with Crippen molar-refractivity contribution in [1.82, 2.24) is 4.90 Å². The van der Waals surface area contributed by atoms with E-state index in [1.54, 1.807) is 11.0 Å². The third-order valence-corrected chi connectivity index (χ3v) is 4.86. The van der Waals surface area contributed by atoms with Gasteiger partial charge in [-0.05, 0) is 36.1 Å². The highest BCUT2D eigenvalue weighted by molar-refractivity contribution is 6.32. The third kappa shape index (κ3) is 4.35. The van der Waals surface area contributed by atoms with Crippen LogP contribution in [0.1, 0.15) is 12.8 Å². The van der Waals surface area contributed by atoms with Crippen molar-refractivity contribution in [2.45, 2.75) is 12.8 Å². The van der Waals surface area contributed by atoms with Crippen LogP contribution in [0.2, 0.25) is 5.02 Å². The molecule has 1 fully saturated rings. The molecule has 1 aliphatic heterocycles. The minimum atomic E-state index is -0.358. The molecule has 0 saturated carbocycles. The number of nitrogens with two attached hydrogens (primary N) is 1. The number of carbonyl (C=O) groups excluding carboxylic acids is 2. The van der Waals surface area contributed by atoms with Crippen molar-refractivity contribution >= 4 is 23.4 Å². The number of piperidine rings is 1. The second-order valence-electron chi connectivity index (χ2n) is 6.38. The molecule has 1 unspecified atom stereocenters. The molecule has 5 nitrogen and oxygen atoms in total. The maximum absolute atomic E-state index is 12.3. The van der Waals surface area contributed by atoms with Gasteiger partial charge in [0.25, 0.3) is 5.91 Å². The zero-order valence-electron chi connectivity index (χ0n) is 14.4. The van der Waals surface area contributed by atoms with Crippen LogP contribution in [0, 0.1) is 5.92 Å². The van der Waals surface area contributed by atoms with Crippen molar-refractivity contribution < 1.29 is 14.3 Å². The van der Waals surface area contributed by atoms with Crippen molar-refractivity contribution in [3.8, 4) is 16.9 Å². The van der Waals surface area contributed by atoms with Gasteiger partial charge in [0.15, 0.2) is 6.61 Å². The topological polar surface area (TPSA) is 72.6 Å². The molecule has 136 valence electrons. The largest absolute Gasteiger partial charge is 0.482 e. The van der Waals surface area contributed by atoms with Gasteiger partial charge in [0.05, 0.1) is 10.9 Å². The summed E-state index contributed by atoms with van der Waals surface area (Å²) < 4.78 is 5.60. The Bertz CT molecular complexity index is 795. The number of hydrogen-bond acceptors (Lipinski definition) is 3. The fourth-order valence-corrected chi connectivity index (χ4v) is 3.33. The second-order valence-corrected chi connectivity index (χ2v) is 6.79. The predicted octanol–water partition coefficient (Wildman–Crippen LogP) is 3.11. The summed E-state index contributed by atoms with van der Waals surface area (Å²) in [5.74, 6) is -0.341. The number of likely N-dealkylation sites (tertiary alicyclic amines) is 1. The molecule has 0 aromatic heterocycles. The summed E-state index contributed by atoms with van der Waals surface area (Å²) in [5, 5.41) is 0.452. The molecular weight excluding hydrogens is 352 g/mol. The Hall–Kier alpha value is -2.53. The van der Waals surface area contributed by atoms with E-state index in [-0.39, 0.29) is 24.3 Å². The van der Waals surface area contributed by atoms with E-state index in [0.717, 1.165) is 24.0 Å². The van der Waals surface area contributed by atoms with Crippen LogP contribution in [0.4, 0.5) is 0 Å². The molecule has 1 heterocycles. The van der Waals surface area contributed by atoms with Crippen LogP contribution in [-0.4, -0.2) is 36.4 Å². The van der Waals surface area contributed by atoms with Crippen LogP contribution in [0.3, 0.4) is 0 Å². The molecule has 2 N–H and O–H groups in total. The van der Waals surface area contributed by atoms with Crippen molar-refractivity contribution in [2.24, 2.45) is 11.7 Å². The highest BCUT2D eigenvalue weighted by Crippen LogP contribution is 2.30. The first-order valence-electron chi connectivity index (χ1n) is 8.59. The molecular formula is C20H21ClN2O3. The Morgan fingerprint density at radius 3 is 2.62 bits per heavy atom. The maximum atomic E-state index is 12.3. The Morgan fingerprint density at radius 2 is 1.92 bits per heavy atom. The van der Waals surface area contributed by atoms with Gasteiger partial charge in [-0.3, -0.25) is 9.59 Å². The highest BCUT2D eigenvalue weighted by atomic mass is 35.5. The number of hydrogen-bond donors (Lipinski definition) is 1. The molecule has 1 aliphatic rings. The fourth-order valence-electron chi connectivity index (χ4n) is 3.09. The molecule has 26 heavy (non-hydrogen) atoms. The zero-order valence-corrected chi connectivity index (χ0v) is 15.1. The van der Waals surface area contributed by atoms with E-state index in [2.05, 4.69) is 0 Å². The van der Waals surface area contributed by atoms with Gasteiger partial charge in [0, 0.05) is 13.1 Å². The van der Waals surface area contributed by atoms with Gasteiger partial charge in [-0.2, -0.15) is 0 Å². The van der Waals surface area contributed by atoms with E-state index in [9.17, 15) is 9.59 Å². The lowest BCUT2D eigenvalue weighted by Crippen LogP contribution is -2.45. The molecule has 2 aromatic carbocycles. The van der Waals surface area contributed by atoms with Gasteiger partial charge in [-0.1, -0.05) is 48.0 Å². The smallest absolute Gasteiger partial charge is 0.260 e. The Balaban J connectivity index is 1.61. The van der Waals surface area contributed by atoms with Gasteiger partial charge in [-0.15, -0.1) is 0 Å². The number of nitrogens with zero attached hydrogens (tertiary/aromatic N) is 1. The first-order chi connectivity index (χ1) is 12.5. The molecule has 2 amide bonds. The van der Waals surface area contributed by atoms with Gasteiger partial charge >= 0.3 is 0 Å². The lowest BCUT2D eigenvalue weighted by molar-refractivity contribution is -0.136. The van der Waals surface area contributed by atoms with Crippen LogP contribution >= 0.6 is 11.6 Å². The summed E-state index contributed by atoms with van der Waals surface area (Å²) >= 11 is 6.30.